The van der Waals surface area contributed by atoms with Crippen molar-refractivity contribution in [3.63, 3.8) is 0 Å². The molecule has 0 heterocycles. The van der Waals surface area contributed by atoms with Crippen molar-refractivity contribution >= 4 is 0 Å². The van der Waals surface area contributed by atoms with Crippen LogP contribution < -0.4 is 4.74 Å². The summed E-state index contributed by atoms with van der Waals surface area (Å²) >= 11 is 0. The van der Waals surface area contributed by atoms with E-state index in [1.165, 1.54) is 69.8 Å². The fraction of sp³-hybridized carbons (Fsp3) is 0.632. The maximum absolute atomic E-state index is 5.16. The molecule has 1 aromatic carbocycles. The van der Waals surface area contributed by atoms with Gasteiger partial charge in [-0.3, -0.25) is 0 Å². The number of methoxy groups -OCH3 is 1. The summed E-state index contributed by atoms with van der Waals surface area (Å²) in [5.74, 6) is 0.935. The van der Waals surface area contributed by atoms with Gasteiger partial charge < -0.3 is 4.74 Å². The molecule has 0 aliphatic heterocycles. The lowest BCUT2D eigenvalue weighted by molar-refractivity contribution is 0.414. The summed E-state index contributed by atoms with van der Waals surface area (Å²) in [6.45, 7) is 2.28. The maximum Gasteiger partial charge on any atom is 0.118 e. The van der Waals surface area contributed by atoms with Crippen molar-refractivity contribution in [2.75, 3.05) is 7.11 Å². The lowest BCUT2D eigenvalue weighted by atomic mass is 10.0. The first-order chi connectivity index (χ1) is 9.86. The summed E-state index contributed by atoms with van der Waals surface area (Å²) in [6.07, 6.45) is 16.1. The zero-order chi connectivity index (χ0) is 14.5. The minimum atomic E-state index is 0.935. The van der Waals surface area contributed by atoms with Gasteiger partial charge in [-0.2, -0.15) is 0 Å². The van der Waals surface area contributed by atoms with Crippen molar-refractivity contribution in [1.82, 2.24) is 0 Å². The van der Waals surface area contributed by atoms with Crippen LogP contribution in [-0.2, 0) is 0 Å². The van der Waals surface area contributed by atoms with Crippen molar-refractivity contribution in [3.05, 3.63) is 36.2 Å². The number of hydrogen-bond acceptors (Lipinski definition) is 1. The van der Waals surface area contributed by atoms with E-state index in [-0.39, 0.29) is 0 Å². The average molecular weight is 275 g/mol. The van der Waals surface area contributed by atoms with E-state index in [1.807, 2.05) is 12.1 Å². The summed E-state index contributed by atoms with van der Waals surface area (Å²) < 4.78 is 5.16. The Morgan fingerprint density at radius 2 is 1.35 bits per heavy atom. The van der Waals surface area contributed by atoms with E-state index in [0.717, 1.165) is 5.75 Å². The van der Waals surface area contributed by atoms with Gasteiger partial charge in [-0.05, 0) is 30.5 Å². The van der Waals surface area contributed by atoms with Gasteiger partial charge in [-0.15, -0.1) is 0 Å². The van der Waals surface area contributed by atoms with E-state index in [1.54, 1.807) is 7.11 Å². The molecule has 0 unspecified atom stereocenters. The normalized spacial score (nSPS) is 10.7. The summed E-state index contributed by atoms with van der Waals surface area (Å²) in [4.78, 5) is 0. The van der Waals surface area contributed by atoms with Crippen LogP contribution in [0.1, 0.15) is 76.7 Å². The van der Waals surface area contributed by atoms with Crippen molar-refractivity contribution in [1.29, 1.82) is 0 Å². The third kappa shape index (κ3) is 8.24. The van der Waals surface area contributed by atoms with E-state index < -0.39 is 0 Å². The van der Waals surface area contributed by atoms with Crippen LogP contribution in [0.2, 0.25) is 0 Å². The van der Waals surface area contributed by atoms with Crippen LogP contribution in [0.4, 0.5) is 0 Å². The predicted octanol–water partition coefficient (Wildman–Crippen LogP) is 6.17. The number of benzene rings is 1. The Balaban J connectivity index is 1.91. The number of unbranched alkanes of at least 4 members (excludes halogenated alkanes) is 9. The summed E-state index contributed by atoms with van der Waals surface area (Å²) in [5, 5.41) is 0. The summed E-state index contributed by atoms with van der Waals surface area (Å²) in [6, 6.07) is 8.32. The van der Waals surface area contributed by atoms with E-state index in [2.05, 4.69) is 25.5 Å². The molecule has 0 aromatic heterocycles. The van der Waals surface area contributed by atoms with E-state index in [0.29, 0.717) is 0 Å². The van der Waals surface area contributed by atoms with E-state index in [4.69, 9.17) is 4.74 Å². The van der Waals surface area contributed by atoms with Crippen molar-refractivity contribution in [2.45, 2.75) is 71.1 Å². The Labute approximate surface area is 125 Å². The molecule has 0 saturated heterocycles. The summed E-state index contributed by atoms with van der Waals surface area (Å²) in [7, 11) is 1.71. The van der Waals surface area contributed by atoms with Gasteiger partial charge in [0.25, 0.3) is 0 Å². The second-order valence-electron chi connectivity index (χ2n) is 5.59. The van der Waals surface area contributed by atoms with Crippen LogP contribution in [0.3, 0.4) is 0 Å². The van der Waals surface area contributed by atoms with Gasteiger partial charge in [-0.1, -0.05) is 76.8 Å². The topological polar surface area (TPSA) is 9.23 Å². The first-order valence-corrected chi connectivity index (χ1v) is 8.34. The number of rotatable bonds is 12. The van der Waals surface area contributed by atoms with Gasteiger partial charge in [-0.25, -0.2) is 0 Å². The molecule has 113 valence electrons. The predicted molar refractivity (Wildman–Crippen MR) is 88.2 cm³/mol. The molecule has 20 heavy (non-hydrogen) atoms. The van der Waals surface area contributed by atoms with E-state index in [9.17, 15) is 0 Å². The van der Waals surface area contributed by atoms with Gasteiger partial charge in [0.15, 0.2) is 0 Å². The van der Waals surface area contributed by atoms with Crippen LogP contribution >= 0.6 is 0 Å². The molecule has 0 atom stereocenters. The van der Waals surface area contributed by atoms with Crippen molar-refractivity contribution in [3.8, 4) is 5.75 Å². The largest absolute Gasteiger partial charge is 0.497 e. The van der Waals surface area contributed by atoms with Crippen molar-refractivity contribution in [2.24, 2.45) is 0 Å². The fourth-order valence-electron chi connectivity index (χ4n) is 2.46. The third-order valence-electron chi connectivity index (χ3n) is 3.80. The van der Waals surface area contributed by atoms with Crippen LogP contribution in [-0.4, -0.2) is 7.11 Å². The minimum Gasteiger partial charge on any atom is -0.497 e. The SMILES string of the molecule is CCCCCCCCCCC[CH]c1ccc(OC)cc1. The molecule has 1 aromatic rings. The van der Waals surface area contributed by atoms with Gasteiger partial charge in [0.2, 0.25) is 0 Å². The molecule has 0 aliphatic rings. The molecule has 1 radical (unpaired) electrons. The molecule has 1 nitrogen and oxygen atoms in total. The Kier molecular flexibility index (Phi) is 10.1. The fourth-order valence-corrected chi connectivity index (χ4v) is 2.46. The maximum atomic E-state index is 5.16. The highest BCUT2D eigenvalue weighted by Crippen LogP contribution is 2.16. The molecule has 0 fully saturated rings. The second-order valence-corrected chi connectivity index (χ2v) is 5.59. The van der Waals surface area contributed by atoms with Crippen molar-refractivity contribution < 1.29 is 4.74 Å². The first kappa shape index (κ1) is 17.1. The molecule has 1 heteroatoms. The average Bonchev–Trinajstić information content (AvgIpc) is 2.50. The lowest BCUT2D eigenvalue weighted by Gasteiger charge is -2.04. The monoisotopic (exact) mass is 275 g/mol. The molecular weight excluding hydrogens is 244 g/mol. The molecule has 0 N–H and O–H groups in total. The first-order valence-electron chi connectivity index (χ1n) is 8.34. The van der Waals surface area contributed by atoms with Gasteiger partial charge in [0, 0.05) is 0 Å². The summed E-state index contributed by atoms with van der Waals surface area (Å²) in [5.41, 5.74) is 1.31. The molecule has 0 amide bonds. The van der Waals surface area contributed by atoms with Crippen LogP contribution in [0.25, 0.3) is 0 Å². The lowest BCUT2D eigenvalue weighted by Crippen LogP contribution is -1.86. The Hall–Kier alpha value is -0.980. The molecule has 0 spiro atoms. The third-order valence-corrected chi connectivity index (χ3v) is 3.80. The Morgan fingerprint density at radius 3 is 1.90 bits per heavy atom. The second kappa shape index (κ2) is 11.8. The van der Waals surface area contributed by atoms with Gasteiger partial charge in [0.1, 0.15) is 5.75 Å². The highest BCUT2D eigenvalue weighted by molar-refractivity contribution is 5.30. The zero-order valence-electron chi connectivity index (χ0n) is 13.4. The van der Waals surface area contributed by atoms with Gasteiger partial charge >= 0.3 is 0 Å². The van der Waals surface area contributed by atoms with Crippen LogP contribution in [0.5, 0.6) is 5.75 Å². The molecule has 0 bridgehead atoms. The number of hydrogen-bond donors (Lipinski definition) is 0. The highest BCUT2D eigenvalue weighted by atomic mass is 16.5. The van der Waals surface area contributed by atoms with Gasteiger partial charge in [0.05, 0.1) is 7.11 Å². The van der Waals surface area contributed by atoms with E-state index >= 15 is 0 Å². The quantitative estimate of drug-likeness (QED) is 0.414. The standard InChI is InChI=1S/C19H31O/c1-3-4-5-6-7-8-9-10-11-12-13-18-14-16-19(20-2)17-15-18/h13-17H,3-12H2,1-2H3. The van der Waals surface area contributed by atoms with Crippen LogP contribution in [0.15, 0.2) is 24.3 Å². The molecular formula is C19H31O. The zero-order valence-corrected chi connectivity index (χ0v) is 13.4. The highest BCUT2D eigenvalue weighted by Gasteiger charge is 1.96. The Bertz CT molecular complexity index is 315. The Morgan fingerprint density at radius 1 is 0.800 bits per heavy atom. The van der Waals surface area contributed by atoms with Crippen LogP contribution in [0, 0.1) is 6.42 Å². The minimum absolute atomic E-state index is 0.935. The molecule has 0 aliphatic carbocycles. The number of ether oxygens (including phenoxy) is 1. The smallest absolute Gasteiger partial charge is 0.118 e. The molecule has 1 rings (SSSR count). The molecule has 0 saturated carbocycles.